The van der Waals surface area contributed by atoms with Gasteiger partial charge in [-0.2, -0.15) is 5.26 Å². The molecule has 5 nitrogen and oxygen atoms in total. The number of carboxylic acids is 1. The van der Waals surface area contributed by atoms with Crippen molar-refractivity contribution < 1.29 is 9.90 Å². The summed E-state index contributed by atoms with van der Waals surface area (Å²) in [5.74, 6) is -0.617. The van der Waals surface area contributed by atoms with E-state index < -0.39 is 12.0 Å². The number of aryl methyl sites for hydroxylation is 1. The van der Waals surface area contributed by atoms with Gasteiger partial charge in [-0.15, -0.1) is 0 Å². The summed E-state index contributed by atoms with van der Waals surface area (Å²) in [5.41, 5.74) is 1.59. The lowest BCUT2D eigenvalue weighted by atomic mass is 10.0. The normalized spacial score (nSPS) is 11.9. The first-order chi connectivity index (χ1) is 8.42. The van der Waals surface area contributed by atoms with Gasteiger partial charge in [0.2, 0.25) is 0 Å². The molecule has 0 aromatic carbocycles. The van der Waals surface area contributed by atoms with E-state index in [2.05, 4.69) is 10.3 Å². The molecule has 1 atom stereocenters. The van der Waals surface area contributed by atoms with E-state index in [-0.39, 0.29) is 11.6 Å². The minimum atomic E-state index is -0.892. The summed E-state index contributed by atoms with van der Waals surface area (Å²) in [5, 5.41) is 20.9. The van der Waals surface area contributed by atoms with E-state index >= 15 is 0 Å². The predicted molar refractivity (Wildman–Crippen MR) is 68.2 cm³/mol. The highest BCUT2D eigenvalue weighted by molar-refractivity contribution is 5.77. The number of carboxylic acid groups (broad SMARTS) is 1. The Morgan fingerprint density at radius 3 is 2.72 bits per heavy atom. The summed E-state index contributed by atoms with van der Waals surface area (Å²) in [7, 11) is 0. The maximum absolute atomic E-state index is 11.1. The van der Waals surface area contributed by atoms with Crippen molar-refractivity contribution in [3.63, 3.8) is 0 Å². The molecule has 0 radical (unpaired) electrons. The molecular formula is C13H17N3O2. The van der Waals surface area contributed by atoms with Gasteiger partial charge in [-0.3, -0.25) is 0 Å². The minimum absolute atomic E-state index is 0.275. The van der Waals surface area contributed by atoms with E-state index in [1.54, 1.807) is 19.1 Å². The third-order valence-corrected chi connectivity index (χ3v) is 2.41. The standard InChI is InChI=1S/C13H17N3O2/c1-8(2)4-12(13(17)18)16-10-5-9(3)15-11(6-10)7-14/h5-6,8,12H,4H2,1-3H3,(H,15,16)(H,17,18)/t12-/m1/s1. The van der Waals surface area contributed by atoms with Crippen LogP contribution in [-0.2, 0) is 4.79 Å². The number of aromatic nitrogens is 1. The summed E-state index contributed by atoms with van der Waals surface area (Å²) < 4.78 is 0. The second-order valence-corrected chi connectivity index (χ2v) is 4.66. The van der Waals surface area contributed by atoms with Gasteiger partial charge in [-0.05, 0) is 31.4 Å². The second kappa shape index (κ2) is 6.01. The van der Waals surface area contributed by atoms with Gasteiger partial charge < -0.3 is 10.4 Å². The molecule has 5 heteroatoms. The summed E-state index contributed by atoms with van der Waals surface area (Å²) in [6.07, 6.45) is 0.526. The van der Waals surface area contributed by atoms with E-state index in [9.17, 15) is 4.79 Å². The number of hydrogen-bond donors (Lipinski definition) is 2. The smallest absolute Gasteiger partial charge is 0.326 e. The van der Waals surface area contributed by atoms with E-state index in [4.69, 9.17) is 10.4 Å². The summed E-state index contributed by atoms with van der Waals surface area (Å²) in [6.45, 7) is 5.70. The van der Waals surface area contributed by atoms with Crippen LogP contribution < -0.4 is 5.32 Å². The molecule has 0 aliphatic heterocycles. The van der Waals surface area contributed by atoms with Gasteiger partial charge in [0.25, 0.3) is 0 Å². The van der Waals surface area contributed by atoms with Crippen molar-refractivity contribution in [3.05, 3.63) is 23.5 Å². The first kappa shape index (κ1) is 14.0. The van der Waals surface area contributed by atoms with Gasteiger partial charge in [0.15, 0.2) is 0 Å². The van der Waals surface area contributed by atoms with Crippen LogP contribution in [0.1, 0.15) is 31.7 Å². The number of nitriles is 1. The van der Waals surface area contributed by atoms with E-state index in [0.29, 0.717) is 17.8 Å². The first-order valence-corrected chi connectivity index (χ1v) is 5.80. The molecule has 1 aromatic rings. The average Bonchev–Trinajstić information content (AvgIpc) is 2.26. The van der Waals surface area contributed by atoms with Crippen molar-refractivity contribution in [1.29, 1.82) is 5.26 Å². The molecule has 0 unspecified atom stereocenters. The first-order valence-electron chi connectivity index (χ1n) is 5.80. The molecule has 1 rings (SSSR count). The molecule has 0 bridgehead atoms. The molecule has 96 valence electrons. The van der Waals surface area contributed by atoms with Crippen molar-refractivity contribution in [2.75, 3.05) is 5.32 Å². The van der Waals surface area contributed by atoms with Crippen LogP contribution >= 0.6 is 0 Å². The van der Waals surface area contributed by atoms with E-state index in [1.165, 1.54) is 0 Å². The molecule has 18 heavy (non-hydrogen) atoms. The van der Waals surface area contributed by atoms with Crippen LogP contribution in [-0.4, -0.2) is 22.1 Å². The molecule has 1 aromatic heterocycles. The Morgan fingerprint density at radius 2 is 2.22 bits per heavy atom. The number of carbonyl (C=O) groups is 1. The van der Waals surface area contributed by atoms with Crippen LogP contribution in [0.4, 0.5) is 5.69 Å². The van der Waals surface area contributed by atoms with Crippen molar-refractivity contribution >= 4 is 11.7 Å². The zero-order valence-corrected chi connectivity index (χ0v) is 10.8. The molecule has 0 aliphatic carbocycles. The van der Waals surface area contributed by atoms with Gasteiger partial charge >= 0.3 is 5.97 Å². The molecule has 2 N–H and O–H groups in total. The largest absolute Gasteiger partial charge is 0.480 e. The molecule has 0 amide bonds. The third-order valence-electron chi connectivity index (χ3n) is 2.41. The lowest BCUT2D eigenvalue weighted by Crippen LogP contribution is -2.30. The average molecular weight is 247 g/mol. The van der Waals surface area contributed by atoms with Gasteiger partial charge in [0.05, 0.1) is 0 Å². The van der Waals surface area contributed by atoms with Gasteiger partial charge in [0, 0.05) is 11.4 Å². The zero-order valence-electron chi connectivity index (χ0n) is 10.8. The number of pyridine rings is 1. The number of rotatable bonds is 5. The predicted octanol–water partition coefficient (Wildman–Crippen LogP) is 2.17. The fraction of sp³-hybridized carbons (Fsp3) is 0.462. The Kier molecular flexibility index (Phi) is 4.67. The van der Waals surface area contributed by atoms with E-state index in [0.717, 1.165) is 0 Å². The van der Waals surface area contributed by atoms with Gasteiger partial charge in [-0.1, -0.05) is 13.8 Å². The minimum Gasteiger partial charge on any atom is -0.480 e. The number of anilines is 1. The quantitative estimate of drug-likeness (QED) is 0.832. The number of nitrogens with one attached hydrogen (secondary N) is 1. The molecular weight excluding hydrogens is 230 g/mol. The van der Waals surface area contributed by atoms with Crippen LogP contribution in [0.2, 0.25) is 0 Å². The monoisotopic (exact) mass is 247 g/mol. The second-order valence-electron chi connectivity index (χ2n) is 4.66. The molecule has 0 saturated heterocycles. The highest BCUT2D eigenvalue weighted by Gasteiger charge is 2.18. The molecule has 0 saturated carbocycles. The summed E-state index contributed by atoms with van der Waals surface area (Å²) in [4.78, 5) is 15.2. The van der Waals surface area contributed by atoms with Crippen LogP contribution in [0.25, 0.3) is 0 Å². The maximum Gasteiger partial charge on any atom is 0.326 e. The summed E-state index contributed by atoms with van der Waals surface area (Å²) in [6, 6.07) is 4.59. The van der Waals surface area contributed by atoms with Crippen LogP contribution in [0.5, 0.6) is 0 Å². The van der Waals surface area contributed by atoms with Crippen LogP contribution in [0, 0.1) is 24.2 Å². The lowest BCUT2D eigenvalue weighted by molar-refractivity contribution is -0.138. The SMILES string of the molecule is Cc1cc(N[C@H](CC(C)C)C(=O)O)cc(C#N)n1. The molecule has 0 fully saturated rings. The van der Waals surface area contributed by atoms with Crippen molar-refractivity contribution in [1.82, 2.24) is 4.98 Å². The lowest BCUT2D eigenvalue weighted by Gasteiger charge is -2.17. The topological polar surface area (TPSA) is 86.0 Å². The van der Waals surface area contributed by atoms with Crippen LogP contribution in [0.15, 0.2) is 12.1 Å². The number of hydrogen-bond acceptors (Lipinski definition) is 4. The number of aliphatic carboxylic acids is 1. The van der Waals surface area contributed by atoms with Crippen molar-refractivity contribution in [3.8, 4) is 6.07 Å². The Hall–Kier alpha value is -2.09. The highest BCUT2D eigenvalue weighted by Crippen LogP contribution is 2.15. The maximum atomic E-state index is 11.1. The Labute approximate surface area is 106 Å². The summed E-state index contributed by atoms with van der Waals surface area (Å²) >= 11 is 0. The zero-order chi connectivity index (χ0) is 13.7. The Bertz CT molecular complexity index is 478. The molecule has 1 heterocycles. The fourth-order valence-corrected chi connectivity index (χ4v) is 1.70. The highest BCUT2D eigenvalue weighted by atomic mass is 16.4. The molecule has 0 aliphatic rings. The van der Waals surface area contributed by atoms with E-state index in [1.807, 2.05) is 19.9 Å². The van der Waals surface area contributed by atoms with Crippen molar-refractivity contribution in [2.24, 2.45) is 5.92 Å². The van der Waals surface area contributed by atoms with Crippen LogP contribution in [0.3, 0.4) is 0 Å². The Balaban J connectivity index is 2.90. The van der Waals surface area contributed by atoms with Gasteiger partial charge in [0.1, 0.15) is 17.8 Å². The Morgan fingerprint density at radius 1 is 1.56 bits per heavy atom. The third kappa shape index (κ3) is 4.06. The fourth-order valence-electron chi connectivity index (χ4n) is 1.70. The number of nitrogens with zero attached hydrogens (tertiary/aromatic N) is 2. The van der Waals surface area contributed by atoms with Gasteiger partial charge in [-0.25, -0.2) is 9.78 Å². The van der Waals surface area contributed by atoms with Crippen molar-refractivity contribution in [2.45, 2.75) is 33.2 Å². The molecule has 0 spiro atoms.